The molecule has 1 atom stereocenters. The molecule has 0 radical (unpaired) electrons. The summed E-state index contributed by atoms with van der Waals surface area (Å²) in [6.45, 7) is 0.633. The number of hydrogen-bond donors (Lipinski definition) is 0. The molecule has 150 valence electrons. The van der Waals surface area contributed by atoms with Crippen molar-refractivity contribution in [3.8, 4) is 11.3 Å². The van der Waals surface area contributed by atoms with E-state index in [0.717, 1.165) is 28.3 Å². The second-order valence-corrected chi connectivity index (χ2v) is 8.34. The summed E-state index contributed by atoms with van der Waals surface area (Å²) in [5, 5.41) is 1.93. The molecule has 3 aromatic carbocycles. The van der Waals surface area contributed by atoms with Crippen molar-refractivity contribution >= 4 is 28.4 Å². The molecule has 3 nitrogen and oxygen atoms in total. The number of carbonyl (C=O) groups excluding carboxylic acids is 1. The van der Waals surface area contributed by atoms with Gasteiger partial charge in [-0.25, -0.2) is 0 Å². The summed E-state index contributed by atoms with van der Waals surface area (Å²) in [6, 6.07) is 26.8. The van der Waals surface area contributed by atoms with Crippen LogP contribution < -0.4 is 0 Å². The molecule has 1 aliphatic heterocycles. The highest BCUT2D eigenvalue weighted by atomic mass is 35.5. The Bertz CT molecular complexity index is 1210. The van der Waals surface area contributed by atoms with Gasteiger partial charge < -0.3 is 9.47 Å². The third kappa shape index (κ3) is 3.20. The lowest BCUT2D eigenvalue weighted by molar-refractivity contribution is -0.129. The van der Waals surface area contributed by atoms with Crippen LogP contribution in [-0.2, 0) is 18.4 Å². The molecule has 0 spiro atoms. The summed E-state index contributed by atoms with van der Waals surface area (Å²) >= 11 is 6.16. The number of halogens is 1. The summed E-state index contributed by atoms with van der Waals surface area (Å²) in [6.07, 6.45) is 1.42. The van der Waals surface area contributed by atoms with E-state index in [0.29, 0.717) is 13.0 Å². The maximum atomic E-state index is 12.9. The van der Waals surface area contributed by atoms with Gasteiger partial charge in [0.25, 0.3) is 0 Å². The van der Waals surface area contributed by atoms with Crippen LogP contribution in [0.3, 0.4) is 0 Å². The smallest absolute Gasteiger partial charge is 0.223 e. The number of aromatic nitrogens is 1. The minimum atomic E-state index is 0.0504. The van der Waals surface area contributed by atoms with Gasteiger partial charge in [0, 0.05) is 41.5 Å². The van der Waals surface area contributed by atoms with Crippen molar-refractivity contribution in [2.75, 3.05) is 0 Å². The molecule has 5 rings (SSSR count). The molecule has 0 aliphatic carbocycles. The number of rotatable bonds is 4. The van der Waals surface area contributed by atoms with E-state index in [2.05, 4.69) is 65.0 Å². The standard InChI is InChI=1S/C26H23ClN2O/c1-28-22-10-6-5-9-21(22)25(26(28)19-11-13-20(27)14-12-19)23-15-16-24(30)29(23)17-18-7-3-2-4-8-18/h2-14,23H,15-17H2,1H3. The Labute approximate surface area is 181 Å². The molecule has 1 unspecified atom stereocenters. The third-order valence-corrected chi connectivity index (χ3v) is 6.37. The Morgan fingerprint density at radius 1 is 0.933 bits per heavy atom. The van der Waals surface area contributed by atoms with E-state index in [4.69, 9.17) is 11.6 Å². The van der Waals surface area contributed by atoms with E-state index in [1.165, 1.54) is 16.5 Å². The minimum absolute atomic E-state index is 0.0504. The van der Waals surface area contributed by atoms with Crippen LogP contribution in [0.15, 0.2) is 78.9 Å². The summed E-state index contributed by atoms with van der Waals surface area (Å²) in [7, 11) is 2.11. The minimum Gasteiger partial charge on any atom is -0.343 e. The molecule has 0 saturated carbocycles. The zero-order valence-corrected chi connectivity index (χ0v) is 17.6. The molecule has 1 aromatic heterocycles. The zero-order valence-electron chi connectivity index (χ0n) is 16.9. The van der Waals surface area contributed by atoms with Gasteiger partial charge in [0.2, 0.25) is 5.91 Å². The van der Waals surface area contributed by atoms with Gasteiger partial charge in [-0.05, 0) is 35.7 Å². The van der Waals surface area contributed by atoms with E-state index in [1.807, 2.05) is 30.3 Å². The van der Waals surface area contributed by atoms with Crippen LogP contribution in [0.4, 0.5) is 0 Å². The van der Waals surface area contributed by atoms with E-state index >= 15 is 0 Å². The Balaban J connectivity index is 1.68. The van der Waals surface area contributed by atoms with E-state index in [9.17, 15) is 4.79 Å². The van der Waals surface area contributed by atoms with Crippen molar-refractivity contribution in [2.24, 2.45) is 7.05 Å². The molecule has 1 fully saturated rings. The number of benzene rings is 3. The first kappa shape index (κ1) is 19.0. The number of hydrogen-bond acceptors (Lipinski definition) is 1. The van der Waals surface area contributed by atoms with E-state index in [1.54, 1.807) is 0 Å². The molecule has 0 N–H and O–H groups in total. The van der Waals surface area contributed by atoms with Gasteiger partial charge in [-0.2, -0.15) is 0 Å². The summed E-state index contributed by atoms with van der Waals surface area (Å²) in [5.41, 5.74) is 5.84. The fourth-order valence-electron chi connectivity index (χ4n) is 4.73. The molecule has 0 bridgehead atoms. The monoisotopic (exact) mass is 414 g/mol. The second-order valence-electron chi connectivity index (χ2n) is 7.91. The molecule has 30 heavy (non-hydrogen) atoms. The number of carbonyl (C=O) groups is 1. The maximum absolute atomic E-state index is 12.9. The van der Waals surface area contributed by atoms with Crippen molar-refractivity contribution < 1.29 is 4.79 Å². The average Bonchev–Trinajstić information content (AvgIpc) is 3.27. The van der Waals surface area contributed by atoms with Crippen LogP contribution >= 0.6 is 11.6 Å². The van der Waals surface area contributed by atoms with Gasteiger partial charge in [0.1, 0.15) is 0 Å². The molecule has 4 heteroatoms. The number of fused-ring (bicyclic) bond motifs is 1. The van der Waals surface area contributed by atoms with Crippen molar-refractivity contribution in [3.63, 3.8) is 0 Å². The largest absolute Gasteiger partial charge is 0.343 e. The van der Waals surface area contributed by atoms with Crippen LogP contribution in [-0.4, -0.2) is 15.4 Å². The lowest BCUT2D eigenvalue weighted by atomic mass is 9.96. The van der Waals surface area contributed by atoms with Crippen molar-refractivity contribution in [1.82, 2.24) is 9.47 Å². The average molecular weight is 415 g/mol. The Morgan fingerprint density at radius 2 is 1.63 bits per heavy atom. The second kappa shape index (κ2) is 7.66. The van der Waals surface area contributed by atoms with Gasteiger partial charge in [0.15, 0.2) is 0 Å². The topological polar surface area (TPSA) is 25.2 Å². The van der Waals surface area contributed by atoms with Crippen molar-refractivity contribution in [3.05, 3.63) is 95.0 Å². The maximum Gasteiger partial charge on any atom is 0.223 e. The summed E-state index contributed by atoms with van der Waals surface area (Å²) < 4.78 is 2.25. The van der Waals surface area contributed by atoms with Crippen LogP contribution in [0, 0.1) is 0 Å². The molecule has 2 heterocycles. The molecular formula is C26H23ClN2O. The number of para-hydroxylation sites is 1. The van der Waals surface area contributed by atoms with Crippen LogP contribution in [0.2, 0.25) is 5.02 Å². The van der Waals surface area contributed by atoms with Gasteiger partial charge in [-0.15, -0.1) is 0 Å². The lowest BCUT2D eigenvalue weighted by Gasteiger charge is -2.26. The predicted molar refractivity (Wildman–Crippen MR) is 122 cm³/mol. The van der Waals surface area contributed by atoms with Gasteiger partial charge in [-0.1, -0.05) is 72.3 Å². The Hall–Kier alpha value is -3.04. The first-order valence-corrected chi connectivity index (χ1v) is 10.7. The number of amides is 1. The van der Waals surface area contributed by atoms with E-state index < -0.39 is 0 Å². The molecule has 1 aliphatic rings. The fraction of sp³-hybridized carbons (Fsp3) is 0.192. The first-order valence-electron chi connectivity index (χ1n) is 10.3. The lowest BCUT2D eigenvalue weighted by Crippen LogP contribution is -2.27. The number of nitrogens with zero attached hydrogens (tertiary/aromatic N) is 2. The Kier molecular flexibility index (Phi) is 4.84. The highest BCUT2D eigenvalue weighted by Gasteiger charge is 2.36. The molecule has 4 aromatic rings. The van der Waals surface area contributed by atoms with Crippen molar-refractivity contribution in [2.45, 2.75) is 25.4 Å². The van der Waals surface area contributed by atoms with Crippen LogP contribution in [0.25, 0.3) is 22.2 Å². The molecular weight excluding hydrogens is 392 g/mol. The number of likely N-dealkylation sites (tertiary alicyclic amines) is 1. The highest BCUT2D eigenvalue weighted by molar-refractivity contribution is 6.30. The quantitative estimate of drug-likeness (QED) is 0.381. The van der Waals surface area contributed by atoms with Gasteiger partial charge >= 0.3 is 0 Å². The van der Waals surface area contributed by atoms with Crippen LogP contribution in [0.5, 0.6) is 0 Å². The number of aryl methyl sites for hydroxylation is 1. The summed E-state index contributed by atoms with van der Waals surface area (Å²) in [4.78, 5) is 15.0. The predicted octanol–water partition coefficient (Wildman–Crippen LogP) is 6.36. The normalized spacial score (nSPS) is 16.5. The summed E-state index contributed by atoms with van der Waals surface area (Å²) in [5.74, 6) is 0.221. The highest BCUT2D eigenvalue weighted by Crippen LogP contribution is 2.44. The van der Waals surface area contributed by atoms with Crippen molar-refractivity contribution in [1.29, 1.82) is 0 Å². The zero-order chi connectivity index (χ0) is 20.7. The van der Waals surface area contributed by atoms with E-state index in [-0.39, 0.29) is 11.9 Å². The third-order valence-electron chi connectivity index (χ3n) is 6.12. The molecule has 1 saturated heterocycles. The Morgan fingerprint density at radius 3 is 2.40 bits per heavy atom. The SMILES string of the molecule is Cn1c(-c2ccc(Cl)cc2)c(C2CCC(=O)N2Cc2ccccc2)c2ccccc21. The first-order chi connectivity index (χ1) is 14.6. The molecule has 1 amide bonds. The fourth-order valence-corrected chi connectivity index (χ4v) is 4.85. The van der Waals surface area contributed by atoms with Crippen LogP contribution in [0.1, 0.15) is 30.0 Å². The van der Waals surface area contributed by atoms with Gasteiger partial charge in [0.05, 0.1) is 11.7 Å². The van der Waals surface area contributed by atoms with Gasteiger partial charge in [-0.3, -0.25) is 4.79 Å².